The standard InChI is InChI=1S/C11H15ClN2O/c1-3-11(14-13)8(2)15-10-6-4-5-9(12)7-10/h3-8,11,14H,1,13H2,2H3. The number of halogens is 1. The molecule has 15 heavy (non-hydrogen) atoms. The first-order chi connectivity index (χ1) is 7.17. The monoisotopic (exact) mass is 226 g/mol. The summed E-state index contributed by atoms with van der Waals surface area (Å²) in [4.78, 5) is 0. The van der Waals surface area contributed by atoms with Gasteiger partial charge in [-0.05, 0) is 25.1 Å². The molecule has 0 amide bonds. The largest absolute Gasteiger partial charge is 0.489 e. The van der Waals surface area contributed by atoms with Crippen molar-refractivity contribution in [3.8, 4) is 5.75 Å². The SMILES string of the molecule is C=CC(NN)C(C)Oc1cccc(Cl)c1. The highest BCUT2D eigenvalue weighted by atomic mass is 35.5. The molecule has 0 bridgehead atoms. The summed E-state index contributed by atoms with van der Waals surface area (Å²) in [6.45, 7) is 5.57. The zero-order valence-electron chi connectivity index (χ0n) is 8.61. The van der Waals surface area contributed by atoms with Crippen molar-refractivity contribution in [1.82, 2.24) is 5.43 Å². The summed E-state index contributed by atoms with van der Waals surface area (Å²) in [5.74, 6) is 6.06. The molecule has 0 heterocycles. The molecule has 0 radical (unpaired) electrons. The van der Waals surface area contributed by atoms with E-state index in [-0.39, 0.29) is 12.1 Å². The lowest BCUT2D eigenvalue weighted by molar-refractivity contribution is 0.190. The lowest BCUT2D eigenvalue weighted by atomic mass is 10.2. The van der Waals surface area contributed by atoms with Crippen LogP contribution in [-0.4, -0.2) is 12.1 Å². The average Bonchev–Trinajstić information content (AvgIpc) is 2.19. The van der Waals surface area contributed by atoms with Crippen LogP contribution >= 0.6 is 11.6 Å². The van der Waals surface area contributed by atoms with Gasteiger partial charge in [-0.25, -0.2) is 5.43 Å². The average molecular weight is 227 g/mol. The van der Waals surface area contributed by atoms with Crippen LogP contribution in [0.5, 0.6) is 5.75 Å². The number of ether oxygens (including phenoxy) is 1. The van der Waals surface area contributed by atoms with Crippen molar-refractivity contribution < 1.29 is 4.74 Å². The Morgan fingerprint density at radius 2 is 2.33 bits per heavy atom. The zero-order valence-corrected chi connectivity index (χ0v) is 9.37. The number of rotatable bonds is 5. The van der Waals surface area contributed by atoms with Gasteiger partial charge in [0.05, 0.1) is 6.04 Å². The molecule has 0 spiro atoms. The molecule has 1 aromatic carbocycles. The fraction of sp³-hybridized carbons (Fsp3) is 0.273. The van der Waals surface area contributed by atoms with Gasteiger partial charge in [0.1, 0.15) is 11.9 Å². The first-order valence-corrected chi connectivity index (χ1v) is 5.06. The van der Waals surface area contributed by atoms with Crippen LogP contribution in [0.1, 0.15) is 6.92 Å². The lowest BCUT2D eigenvalue weighted by Crippen LogP contribution is -2.43. The van der Waals surface area contributed by atoms with E-state index in [0.29, 0.717) is 5.02 Å². The van der Waals surface area contributed by atoms with Gasteiger partial charge in [0.2, 0.25) is 0 Å². The first-order valence-electron chi connectivity index (χ1n) is 4.68. The second-order valence-electron chi connectivity index (χ2n) is 3.21. The van der Waals surface area contributed by atoms with Gasteiger partial charge < -0.3 is 4.74 Å². The quantitative estimate of drug-likeness (QED) is 0.459. The molecule has 0 aromatic heterocycles. The molecule has 0 aliphatic rings. The smallest absolute Gasteiger partial charge is 0.121 e. The van der Waals surface area contributed by atoms with E-state index < -0.39 is 0 Å². The van der Waals surface area contributed by atoms with Gasteiger partial charge >= 0.3 is 0 Å². The Balaban J connectivity index is 2.65. The highest BCUT2D eigenvalue weighted by Crippen LogP contribution is 2.19. The maximum absolute atomic E-state index is 5.84. The van der Waals surface area contributed by atoms with Gasteiger partial charge in [0.15, 0.2) is 0 Å². The second-order valence-corrected chi connectivity index (χ2v) is 3.64. The van der Waals surface area contributed by atoms with Gasteiger partial charge in [0.25, 0.3) is 0 Å². The highest BCUT2D eigenvalue weighted by molar-refractivity contribution is 6.30. The second kappa shape index (κ2) is 5.75. The third-order valence-electron chi connectivity index (χ3n) is 2.07. The molecule has 0 saturated carbocycles. The minimum Gasteiger partial charge on any atom is -0.489 e. The topological polar surface area (TPSA) is 47.3 Å². The Hall–Kier alpha value is -1.03. The fourth-order valence-electron chi connectivity index (χ4n) is 1.22. The minimum absolute atomic E-state index is 0.0935. The molecule has 4 heteroatoms. The molecule has 3 N–H and O–H groups in total. The van der Waals surface area contributed by atoms with Gasteiger partial charge in [-0.1, -0.05) is 23.7 Å². The molecule has 2 unspecified atom stereocenters. The summed E-state index contributed by atoms with van der Waals surface area (Å²) in [5, 5.41) is 0.649. The molecule has 0 saturated heterocycles. The Morgan fingerprint density at radius 1 is 1.60 bits per heavy atom. The van der Waals surface area contributed by atoms with Crippen LogP contribution in [0.15, 0.2) is 36.9 Å². The van der Waals surface area contributed by atoms with E-state index in [1.165, 1.54) is 0 Å². The van der Waals surface area contributed by atoms with E-state index in [1.54, 1.807) is 18.2 Å². The highest BCUT2D eigenvalue weighted by Gasteiger charge is 2.13. The summed E-state index contributed by atoms with van der Waals surface area (Å²) in [5.41, 5.74) is 2.61. The number of benzene rings is 1. The Morgan fingerprint density at radius 3 is 2.87 bits per heavy atom. The number of nitrogens with one attached hydrogen (secondary N) is 1. The van der Waals surface area contributed by atoms with Gasteiger partial charge in [-0.2, -0.15) is 0 Å². The van der Waals surface area contributed by atoms with E-state index in [0.717, 1.165) is 5.75 Å². The molecular formula is C11H15ClN2O. The first kappa shape index (κ1) is 12.0. The molecule has 1 rings (SSSR count). The summed E-state index contributed by atoms with van der Waals surface area (Å²) in [7, 11) is 0. The lowest BCUT2D eigenvalue weighted by Gasteiger charge is -2.21. The number of hydrazine groups is 1. The maximum Gasteiger partial charge on any atom is 0.121 e. The predicted molar refractivity (Wildman–Crippen MR) is 62.9 cm³/mol. The zero-order chi connectivity index (χ0) is 11.3. The van der Waals surface area contributed by atoms with Crippen molar-refractivity contribution in [2.24, 2.45) is 5.84 Å². The van der Waals surface area contributed by atoms with E-state index in [1.807, 2.05) is 19.1 Å². The van der Waals surface area contributed by atoms with Crippen LogP contribution in [-0.2, 0) is 0 Å². The summed E-state index contributed by atoms with van der Waals surface area (Å²) >= 11 is 5.84. The summed E-state index contributed by atoms with van der Waals surface area (Å²) in [6.07, 6.45) is 1.60. The van der Waals surface area contributed by atoms with Crippen molar-refractivity contribution in [2.75, 3.05) is 0 Å². The summed E-state index contributed by atoms with van der Waals surface area (Å²) < 4.78 is 5.64. The molecule has 1 aromatic rings. The number of nitrogens with two attached hydrogens (primary N) is 1. The van der Waals surface area contributed by atoms with E-state index >= 15 is 0 Å². The molecule has 0 fully saturated rings. The van der Waals surface area contributed by atoms with Crippen LogP contribution in [0.3, 0.4) is 0 Å². The number of hydrogen-bond acceptors (Lipinski definition) is 3. The van der Waals surface area contributed by atoms with Crippen LogP contribution < -0.4 is 16.0 Å². The third kappa shape index (κ3) is 3.55. The van der Waals surface area contributed by atoms with Crippen molar-refractivity contribution in [2.45, 2.75) is 19.1 Å². The van der Waals surface area contributed by atoms with Crippen molar-refractivity contribution >= 4 is 11.6 Å². The van der Waals surface area contributed by atoms with Crippen LogP contribution in [0.2, 0.25) is 5.02 Å². The van der Waals surface area contributed by atoms with Crippen molar-refractivity contribution in [3.05, 3.63) is 41.9 Å². The van der Waals surface area contributed by atoms with Gasteiger partial charge in [0, 0.05) is 5.02 Å². The predicted octanol–water partition coefficient (Wildman–Crippen LogP) is 2.13. The molecule has 3 nitrogen and oxygen atoms in total. The van der Waals surface area contributed by atoms with Crippen LogP contribution in [0, 0.1) is 0 Å². The van der Waals surface area contributed by atoms with Gasteiger partial charge in [-0.3, -0.25) is 5.84 Å². The maximum atomic E-state index is 5.84. The molecule has 0 aliphatic heterocycles. The minimum atomic E-state index is -0.106. The normalized spacial score (nSPS) is 14.3. The van der Waals surface area contributed by atoms with Crippen molar-refractivity contribution in [3.63, 3.8) is 0 Å². The number of hydrogen-bond donors (Lipinski definition) is 2. The fourth-order valence-corrected chi connectivity index (χ4v) is 1.40. The Bertz CT molecular complexity index is 330. The molecule has 0 aliphatic carbocycles. The Kier molecular flexibility index (Phi) is 4.62. The molecule has 82 valence electrons. The van der Waals surface area contributed by atoms with E-state index in [2.05, 4.69) is 12.0 Å². The van der Waals surface area contributed by atoms with Gasteiger partial charge in [-0.15, -0.1) is 6.58 Å². The summed E-state index contributed by atoms with van der Waals surface area (Å²) in [6, 6.07) is 7.14. The molecule has 2 atom stereocenters. The molecular weight excluding hydrogens is 212 g/mol. The van der Waals surface area contributed by atoms with E-state index in [4.69, 9.17) is 22.2 Å². The van der Waals surface area contributed by atoms with Crippen LogP contribution in [0.4, 0.5) is 0 Å². The Labute approximate surface area is 94.8 Å². The van der Waals surface area contributed by atoms with Crippen LogP contribution in [0.25, 0.3) is 0 Å². The third-order valence-corrected chi connectivity index (χ3v) is 2.31. The van der Waals surface area contributed by atoms with E-state index in [9.17, 15) is 0 Å². The van der Waals surface area contributed by atoms with Crippen molar-refractivity contribution in [1.29, 1.82) is 0 Å².